The van der Waals surface area contributed by atoms with Crippen molar-refractivity contribution in [2.75, 3.05) is 12.3 Å². The van der Waals surface area contributed by atoms with E-state index in [9.17, 15) is 9.59 Å². The first-order valence-electron chi connectivity index (χ1n) is 6.31. The largest absolute Gasteiger partial charge is 0.463 e. The molecule has 0 fully saturated rings. The maximum absolute atomic E-state index is 11.9. The number of carbonyl (C=O) groups excluding carboxylic acids is 2. The molecule has 1 unspecified atom stereocenters. The standard InChI is InChI=1S/C14H19NO4/c1-3-6-12(14(17)18-4-2)19-13(16)10-7-5-8-11(15)9-10/h5,7-9,12H,3-4,6,15H2,1-2H3. The Labute approximate surface area is 112 Å². The molecule has 0 aromatic heterocycles. The van der Waals surface area contributed by atoms with Crippen LogP contribution in [0, 0.1) is 0 Å². The number of ether oxygens (including phenoxy) is 2. The summed E-state index contributed by atoms with van der Waals surface area (Å²) in [5, 5.41) is 0. The SMILES string of the molecule is CCCC(OC(=O)c1cccc(N)c1)C(=O)OCC. The number of benzene rings is 1. The molecule has 5 heteroatoms. The van der Waals surface area contributed by atoms with Crippen molar-refractivity contribution in [2.24, 2.45) is 0 Å². The molecule has 0 aliphatic carbocycles. The number of rotatable bonds is 6. The second-order valence-corrected chi connectivity index (χ2v) is 4.06. The molecular weight excluding hydrogens is 246 g/mol. The van der Waals surface area contributed by atoms with E-state index < -0.39 is 18.0 Å². The lowest BCUT2D eigenvalue weighted by Gasteiger charge is -2.15. The first kappa shape index (κ1) is 15.0. The van der Waals surface area contributed by atoms with Crippen LogP contribution in [0.15, 0.2) is 24.3 Å². The molecule has 0 radical (unpaired) electrons. The Morgan fingerprint density at radius 1 is 1.32 bits per heavy atom. The zero-order valence-corrected chi connectivity index (χ0v) is 11.2. The van der Waals surface area contributed by atoms with Crippen molar-refractivity contribution in [1.29, 1.82) is 0 Å². The van der Waals surface area contributed by atoms with Crippen LogP contribution in [-0.2, 0) is 14.3 Å². The highest BCUT2D eigenvalue weighted by Gasteiger charge is 2.24. The number of carbonyl (C=O) groups is 2. The smallest absolute Gasteiger partial charge is 0.347 e. The number of nitrogens with two attached hydrogens (primary N) is 1. The molecule has 104 valence electrons. The van der Waals surface area contributed by atoms with E-state index in [1.165, 1.54) is 6.07 Å². The van der Waals surface area contributed by atoms with Crippen molar-refractivity contribution in [3.05, 3.63) is 29.8 Å². The van der Waals surface area contributed by atoms with Gasteiger partial charge in [-0.25, -0.2) is 9.59 Å². The average molecular weight is 265 g/mol. The summed E-state index contributed by atoms with van der Waals surface area (Å²) >= 11 is 0. The minimum absolute atomic E-state index is 0.259. The minimum Gasteiger partial charge on any atom is -0.463 e. The molecule has 0 amide bonds. The number of nitrogen functional groups attached to an aromatic ring is 1. The highest BCUT2D eigenvalue weighted by Crippen LogP contribution is 2.12. The normalized spacial score (nSPS) is 11.7. The van der Waals surface area contributed by atoms with E-state index in [4.69, 9.17) is 15.2 Å². The summed E-state index contributed by atoms with van der Waals surface area (Å²) in [7, 11) is 0. The van der Waals surface area contributed by atoms with E-state index >= 15 is 0 Å². The van der Waals surface area contributed by atoms with Crippen LogP contribution in [-0.4, -0.2) is 24.6 Å². The van der Waals surface area contributed by atoms with Gasteiger partial charge in [0.25, 0.3) is 0 Å². The summed E-state index contributed by atoms with van der Waals surface area (Å²) in [5.41, 5.74) is 6.39. The monoisotopic (exact) mass is 265 g/mol. The fourth-order valence-corrected chi connectivity index (χ4v) is 1.59. The predicted octanol–water partition coefficient (Wildman–Crippen LogP) is 2.16. The van der Waals surface area contributed by atoms with Gasteiger partial charge in [-0.05, 0) is 31.5 Å². The van der Waals surface area contributed by atoms with Crippen molar-refractivity contribution in [1.82, 2.24) is 0 Å². The molecule has 1 atom stereocenters. The van der Waals surface area contributed by atoms with E-state index in [1.54, 1.807) is 25.1 Å². The van der Waals surface area contributed by atoms with Gasteiger partial charge in [0, 0.05) is 5.69 Å². The van der Waals surface area contributed by atoms with Gasteiger partial charge in [-0.2, -0.15) is 0 Å². The molecule has 1 aromatic rings. The Morgan fingerprint density at radius 2 is 2.05 bits per heavy atom. The summed E-state index contributed by atoms with van der Waals surface area (Å²) in [6.07, 6.45) is 0.291. The van der Waals surface area contributed by atoms with E-state index in [0.29, 0.717) is 24.1 Å². The van der Waals surface area contributed by atoms with Gasteiger partial charge in [0.1, 0.15) is 0 Å². The summed E-state index contributed by atoms with van der Waals surface area (Å²) in [6.45, 7) is 3.87. The van der Waals surface area contributed by atoms with Crippen LogP contribution in [0.3, 0.4) is 0 Å². The number of esters is 2. The molecule has 0 bridgehead atoms. The highest BCUT2D eigenvalue weighted by molar-refractivity contribution is 5.92. The Kier molecular flexibility index (Phi) is 5.85. The second kappa shape index (κ2) is 7.41. The molecule has 1 aromatic carbocycles. The van der Waals surface area contributed by atoms with Crippen LogP contribution < -0.4 is 5.73 Å². The van der Waals surface area contributed by atoms with E-state index in [-0.39, 0.29) is 6.61 Å². The first-order chi connectivity index (χ1) is 9.08. The van der Waals surface area contributed by atoms with Crippen LogP contribution in [0.4, 0.5) is 5.69 Å². The van der Waals surface area contributed by atoms with Gasteiger partial charge in [0.2, 0.25) is 0 Å². The molecule has 5 nitrogen and oxygen atoms in total. The van der Waals surface area contributed by atoms with Crippen LogP contribution in [0.1, 0.15) is 37.0 Å². The van der Waals surface area contributed by atoms with Gasteiger partial charge < -0.3 is 15.2 Å². The van der Waals surface area contributed by atoms with Gasteiger partial charge >= 0.3 is 11.9 Å². The van der Waals surface area contributed by atoms with Gasteiger partial charge in [0.15, 0.2) is 6.10 Å². The third-order valence-corrected chi connectivity index (χ3v) is 2.47. The predicted molar refractivity (Wildman–Crippen MR) is 71.6 cm³/mol. The number of hydrogen-bond acceptors (Lipinski definition) is 5. The lowest BCUT2D eigenvalue weighted by atomic mass is 10.2. The molecule has 0 heterocycles. The Balaban J connectivity index is 2.73. The Hall–Kier alpha value is -2.04. The second-order valence-electron chi connectivity index (χ2n) is 4.06. The van der Waals surface area contributed by atoms with Crippen molar-refractivity contribution in [3.8, 4) is 0 Å². The lowest BCUT2D eigenvalue weighted by molar-refractivity contribution is -0.153. The van der Waals surface area contributed by atoms with E-state index in [1.807, 2.05) is 6.92 Å². The summed E-state index contributed by atoms with van der Waals surface area (Å²) in [5.74, 6) is -1.08. The zero-order chi connectivity index (χ0) is 14.3. The van der Waals surface area contributed by atoms with E-state index in [2.05, 4.69) is 0 Å². The first-order valence-corrected chi connectivity index (χ1v) is 6.31. The minimum atomic E-state index is -0.862. The quantitative estimate of drug-likeness (QED) is 0.630. The van der Waals surface area contributed by atoms with Gasteiger partial charge in [0.05, 0.1) is 12.2 Å². The van der Waals surface area contributed by atoms with Crippen molar-refractivity contribution >= 4 is 17.6 Å². The molecule has 19 heavy (non-hydrogen) atoms. The third-order valence-electron chi connectivity index (χ3n) is 2.47. The average Bonchev–Trinajstić information content (AvgIpc) is 2.38. The fraction of sp³-hybridized carbons (Fsp3) is 0.429. The summed E-state index contributed by atoms with van der Waals surface area (Å²) < 4.78 is 10.1. The molecule has 0 spiro atoms. The van der Waals surface area contributed by atoms with Crippen molar-refractivity contribution in [3.63, 3.8) is 0 Å². The molecule has 0 saturated heterocycles. The zero-order valence-electron chi connectivity index (χ0n) is 11.2. The maximum atomic E-state index is 11.9. The molecule has 1 rings (SSSR count). The van der Waals surface area contributed by atoms with Crippen LogP contribution in [0.2, 0.25) is 0 Å². The molecule has 0 saturated carbocycles. The van der Waals surface area contributed by atoms with Crippen molar-refractivity contribution in [2.45, 2.75) is 32.8 Å². The third kappa shape index (κ3) is 4.62. The summed E-state index contributed by atoms with van der Waals surface area (Å²) in [6, 6.07) is 6.43. The Bertz CT molecular complexity index is 445. The highest BCUT2D eigenvalue weighted by atomic mass is 16.6. The molecular formula is C14H19NO4. The number of hydrogen-bond donors (Lipinski definition) is 1. The van der Waals surface area contributed by atoms with Gasteiger partial charge in [-0.15, -0.1) is 0 Å². The van der Waals surface area contributed by atoms with E-state index in [0.717, 1.165) is 0 Å². The fourth-order valence-electron chi connectivity index (χ4n) is 1.59. The molecule has 0 aliphatic heterocycles. The van der Waals surface area contributed by atoms with Crippen molar-refractivity contribution < 1.29 is 19.1 Å². The summed E-state index contributed by atoms with van der Waals surface area (Å²) in [4.78, 5) is 23.5. The van der Waals surface area contributed by atoms with Crippen LogP contribution in [0.5, 0.6) is 0 Å². The van der Waals surface area contributed by atoms with Crippen LogP contribution in [0.25, 0.3) is 0 Å². The maximum Gasteiger partial charge on any atom is 0.347 e. The van der Waals surface area contributed by atoms with Gasteiger partial charge in [-0.3, -0.25) is 0 Å². The molecule has 0 aliphatic rings. The number of anilines is 1. The Morgan fingerprint density at radius 3 is 2.63 bits per heavy atom. The molecule has 2 N–H and O–H groups in total. The van der Waals surface area contributed by atoms with Crippen LogP contribution >= 0.6 is 0 Å². The van der Waals surface area contributed by atoms with Gasteiger partial charge in [-0.1, -0.05) is 19.4 Å². The lowest BCUT2D eigenvalue weighted by Crippen LogP contribution is -2.29. The topological polar surface area (TPSA) is 78.6 Å².